The Labute approximate surface area is 105 Å². The minimum absolute atomic E-state index is 0.0173. The lowest BCUT2D eigenvalue weighted by Crippen LogP contribution is -2.28. The first kappa shape index (κ1) is 13.2. The van der Waals surface area contributed by atoms with E-state index in [0.717, 1.165) is 22.1 Å². The summed E-state index contributed by atoms with van der Waals surface area (Å²) in [5.41, 5.74) is 7.45. The summed E-state index contributed by atoms with van der Waals surface area (Å²) < 4.78 is 0.887. The van der Waals surface area contributed by atoms with Crippen LogP contribution >= 0.6 is 15.9 Å². The van der Waals surface area contributed by atoms with Crippen molar-refractivity contribution in [3.8, 4) is 0 Å². The van der Waals surface area contributed by atoms with Crippen LogP contribution in [0.25, 0.3) is 0 Å². The lowest BCUT2D eigenvalue weighted by atomic mass is 10.1. The summed E-state index contributed by atoms with van der Waals surface area (Å²) in [6.07, 6.45) is 0.756. The van der Waals surface area contributed by atoms with Crippen molar-refractivity contribution in [2.24, 2.45) is 11.7 Å². The van der Waals surface area contributed by atoms with Crippen LogP contribution in [0, 0.1) is 12.8 Å². The second-order valence-corrected chi connectivity index (χ2v) is 4.67. The van der Waals surface area contributed by atoms with Crippen LogP contribution in [0.5, 0.6) is 0 Å². The van der Waals surface area contributed by atoms with Crippen molar-refractivity contribution in [3.05, 3.63) is 28.2 Å². The number of nitrogens with one attached hydrogen (secondary N) is 1. The van der Waals surface area contributed by atoms with Crippen LogP contribution in [0.3, 0.4) is 0 Å². The van der Waals surface area contributed by atoms with E-state index in [4.69, 9.17) is 5.73 Å². The molecule has 0 saturated carbocycles. The molecule has 0 heterocycles. The maximum Gasteiger partial charge on any atom is 0.228 e. The van der Waals surface area contributed by atoms with Gasteiger partial charge in [-0.05, 0) is 47.0 Å². The number of hydrogen-bond acceptors (Lipinski definition) is 2. The highest BCUT2D eigenvalue weighted by atomic mass is 79.9. The molecular formula is C12H17BrN2O. The molecule has 0 spiro atoms. The normalized spacial score (nSPS) is 12.2. The third-order valence-electron chi connectivity index (χ3n) is 2.53. The van der Waals surface area contributed by atoms with Crippen molar-refractivity contribution in [3.63, 3.8) is 0 Å². The van der Waals surface area contributed by atoms with E-state index in [1.165, 1.54) is 0 Å². The Bertz CT molecular complexity index is 375. The van der Waals surface area contributed by atoms with Gasteiger partial charge in [0.05, 0.1) is 11.6 Å². The molecule has 4 heteroatoms. The van der Waals surface area contributed by atoms with Gasteiger partial charge >= 0.3 is 0 Å². The predicted octanol–water partition coefficient (Wildman–Crippen LogP) is 2.68. The minimum atomic E-state index is -0.118. The molecule has 3 N–H and O–H groups in total. The number of halogens is 1. The van der Waals surface area contributed by atoms with Crippen molar-refractivity contribution in [2.45, 2.75) is 20.3 Å². The molecular weight excluding hydrogens is 268 g/mol. The molecule has 3 nitrogen and oxygen atoms in total. The monoisotopic (exact) mass is 284 g/mol. The van der Waals surface area contributed by atoms with Crippen molar-refractivity contribution in [1.29, 1.82) is 0 Å². The molecule has 0 aliphatic rings. The van der Waals surface area contributed by atoms with Crippen molar-refractivity contribution in [2.75, 3.05) is 11.9 Å². The van der Waals surface area contributed by atoms with Crippen LogP contribution < -0.4 is 11.1 Å². The topological polar surface area (TPSA) is 55.1 Å². The number of hydrogen-bond donors (Lipinski definition) is 2. The highest BCUT2D eigenvalue weighted by Crippen LogP contribution is 2.24. The molecule has 1 atom stereocenters. The van der Waals surface area contributed by atoms with E-state index < -0.39 is 0 Å². The van der Waals surface area contributed by atoms with E-state index in [2.05, 4.69) is 21.2 Å². The SMILES string of the molecule is CCC(CN)C(=O)Nc1cc(C)ccc1Br. The Morgan fingerprint density at radius 3 is 2.81 bits per heavy atom. The van der Waals surface area contributed by atoms with Crippen LogP contribution in [0.2, 0.25) is 0 Å². The standard InChI is InChI=1S/C12H17BrN2O/c1-3-9(7-14)12(16)15-11-6-8(2)4-5-10(11)13/h4-6,9H,3,7,14H2,1-2H3,(H,15,16). The third-order valence-corrected chi connectivity index (χ3v) is 3.22. The predicted molar refractivity (Wildman–Crippen MR) is 70.3 cm³/mol. The smallest absolute Gasteiger partial charge is 0.228 e. The van der Waals surface area contributed by atoms with E-state index in [-0.39, 0.29) is 11.8 Å². The summed E-state index contributed by atoms with van der Waals surface area (Å²) in [4.78, 5) is 11.8. The summed E-state index contributed by atoms with van der Waals surface area (Å²) in [6, 6.07) is 5.85. The Hall–Kier alpha value is -0.870. The molecule has 1 aromatic rings. The van der Waals surface area contributed by atoms with E-state index >= 15 is 0 Å². The minimum Gasteiger partial charge on any atom is -0.330 e. The number of benzene rings is 1. The number of carbonyl (C=O) groups is 1. The van der Waals surface area contributed by atoms with Crippen molar-refractivity contribution < 1.29 is 4.79 Å². The van der Waals surface area contributed by atoms with Crippen molar-refractivity contribution in [1.82, 2.24) is 0 Å². The second kappa shape index (κ2) is 6.01. The van der Waals surface area contributed by atoms with Crippen LogP contribution in [0.15, 0.2) is 22.7 Å². The fourth-order valence-corrected chi connectivity index (χ4v) is 1.77. The van der Waals surface area contributed by atoms with Gasteiger partial charge in [-0.1, -0.05) is 13.0 Å². The Kier molecular flexibility index (Phi) is 4.96. The molecule has 0 aromatic heterocycles. The summed E-state index contributed by atoms with van der Waals surface area (Å²) in [6.45, 7) is 4.33. The molecule has 0 radical (unpaired) electrons. The third kappa shape index (κ3) is 3.32. The Morgan fingerprint density at radius 2 is 2.25 bits per heavy atom. The Balaban J connectivity index is 2.80. The molecule has 1 amide bonds. The first-order valence-electron chi connectivity index (χ1n) is 5.35. The molecule has 88 valence electrons. The Morgan fingerprint density at radius 1 is 1.56 bits per heavy atom. The van der Waals surface area contributed by atoms with Gasteiger partial charge in [0.2, 0.25) is 5.91 Å². The second-order valence-electron chi connectivity index (χ2n) is 3.81. The van der Waals surface area contributed by atoms with Crippen LogP contribution in [0.4, 0.5) is 5.69 Å². The molecule has 0 saturated heterocycles. The molecule has 1 unspecified atom stereocenters. The summed E-state index contributed by atoms with van der Waals surface area (Å²) in [5, 5.41) is 2.89. The van der Waals surface area contributed by atoms with E-state index in [1.54, 1.807) is 0 Å². The maximum atomic E-state index is 11.8. The fraction of sp³-hybridized carbons (Fsp3) is 0.417. The van der Waals surface area contributed by atoms with Gasteiger partial charge in [-0.15, -0.1) is 0 Å². The van der Waals surface area contributed by atoms with Crippen molar-refractivity contribution >= 4 is 27.5 Å². The quantitative estimate of drug-likeness (QED) is 0.893. The fourth-order valence-electron chi connectivity index (χ4n) is 1.43. The number of rotatable bonds is 4. The summed E-state index contributed by atoms with van der Waals surface area (Å²) in [7, 11) is 0. The lowest BCUT2D eigenvalue weighted by molar-refractivity contribution is -0.119. The van der Waals surface area contributed by atoms with Crippen LogP contribution in [-0.4, -0.2) is 12.5 Å². The van der Waals surface area contributed by atoms with Gasteiger partial charge in [-0.2, -0.15) is 0 Å². The molecule has 0 bridgehead atoms. The van der Waals surface area contributed by atoms with Crippen LogP contribution in [0.1, 0.15) is 18.9 Å². The molecule has 0 aliphatic carbocycles. The number of aryl methyl sites for hydroxylation is 1. The zero-order chi connectivity index (χ0) is 12.1. The molecule has 1 aromatic carbocycles. The van der Waals surface area contributed by atoms with Gasteiger partial charge in [0.1, 0.15) is 0 Å². The van der Waals surface area contributed by atoms with Gasteiger partial charge < -0.3 is 11.1 Å². The zero-order valence-electron chi connectivity index (χ0n) is 9.59. The number of amides is 1. The first-order valence-corrected chi connectivity index (χ1v) is 6.14. The molecule has 0 aliphatic heterocycles. The molecule has 0 fully saturated rings. The number of nitrogens with two attached hydrogens (primary N) is 1. The van der Waals surface area contributed by atoms with Gasteiger partial charge in [0, 0.05) is 11.0 Å². The summed E-state index contributed by atoms with van der Waals surface area (Å²) in [5.74, 6) is -0.135. The van der Waals surface area contributed by atoms with E-state index in [1.807, 2.05) is 32.0 Å². The van der Waals surface area contributed by atoms with Crippen LogP contribution in [-0.2, 0) is 4.79 Å². The van der Waals surface area contributed by atoms with Gasteiger partial charge in [0.15, 0.2) is 0 Å². The molecule has 16 heavy (non-hydrogen) atoms. The van der Waals surface area contributed by atoms with Gasteiger partial charge in [-0.3, -0.25) is 4.79 Å². The van der Waals surface area contributed by atoms with Gasteiger partial charge in [-0.25, -0.2) is 0 Å². The maximum absolute atomic E-state index is 11.8. The summed E-state index contributed by atoms with van der Waals surface area (Å²) >= 11 is 3.41. The lowest BCUT2D eigenvalue weighted by Gasteiger charge is -2.14. The largest absolute Gasteiger partial charge is 0.330 e. The molecule has 1 rings (SSSR count). The zero-order valence-corrected chi connectivity index (χ0v) is 11.2. The average molecular weight is 285 g/mol. The van der Waals surface area contributed by atoms with E-state index in [9.17, 15) is 4.79 Å². The first-order chi connectivity index (χ1) is 7.58. The number of anilines is 1. The van der Waals surface area contributed by atoms with Gasteiger partial charge in [0.25, 0.3) is 0 Å². The average Bonchev–Trinajstić information content (AvgIpc) is 2.25. The highest BCUT2D eigenvalue weighted by molar-refractivity contribution is 9.10. The highest BCUT2D eigenvalue weighted by Gasteiger charge is 2.15. The van der Waals surface area contributed by atoms with E-state index in [0.29, 0.717) is 6.54 Å². The number of carbonyl (C=O) groups excluding carboxylic acids is 1.